The van der Waals surface area contributed by atoms with Crippen LogP contribution in [0.5, 0.6) is 5.75 Å². The van der Waals surface area contributed by atoms with E-state index < -0.39 is 11.7 Å². The van der Waals surface area contributed by atoms with E-state index in [0.717, 1.165) is 55.4 Å². The molecule has 0 bridgehead atoms. The Labute approximate surface area is 168 Å². The van der Waals surface area contributed by atoms with Crippen LogP contribution in [-0.4, -0.2) is 9.97 Å². The first-order chi connectivity index (χ1) is 13.9. The van der Waals surface area contributed by atoms with Crippen LogP contribution in [0, 0.1) is 0 Å². The predicted molar refractivity (Wildman–Crippen MR) is 107 cm³/mol. The number of aryl methyl sites for hydroxylation is 1. The molecule has 0 unspecified atom stereocenters. The van der Waals surface area contributed by atoms with Gasteiger partial charge in [-0.05, 0) is 54.5 Å². The molecule has 0 spiro atoms. The lowest BCUT2D eigenvalue weighted by atomic mass is 9.91. The van der Waals surface area contributed by atoms with Crippen LogP contribution < -0.4 is 4.74 Å². The van der Waals surface area contributed by atoms with Gasteiger partial charge in [0.25, 0.3) is 0 Å². The van der Waals surface area contributed by atoms with Gasteiger partial charge in [-0.1, -0.05) is 31.9 Å². The fourth-order valence-electron chi connectivity index (χ4n) is 4.18. The number of H-pyrrole nitrogens is 1. The summed E-state index contributed by atoms with van der Waals surface area (Å²) in [5.74, 6) is 1.55. The highest BCUT2D eigenvalue weighted by atomic mass is 19.4. The molecule has 4 rings (SSSR count). The van der Waals surface area contributed by atoms with E-state index in [2.05, 4.69) is 16.9 Å². The van der Waals surface area contributed by atoms with E-state index in [4.69, 9.17) is 4.74 Å². The second-order valence-corrected chi connectivity index (χ2v) is 7.80. The SMILES string of the molecule is CCCc1nc2ccc(OCc3ccc(C4CCCC4)c(C(F)(F)F)c3)cc2[nH]1. The smallest absolute Gasteiger partial charge is 0.416 e. The van der Waals surface area contributed by atoms with Crippen LogP contribution in [0.3, 0.4) is 0 Å². The molecule has 1 aliphatic rings. The molecule has 0 saturated heterocycles. The Hall–Kier alpha value is -2.50. The fraction of sp³-hybridized carbons (Fsp3) is 0.435. The summed E-state index contributed by atoms with van der Waals surface area (Å²) in [6, 6.07) is 10.2. The van der Waals surface area contributed by atoms with Crippen molar-refractivity contribution in [3.63, 3.8) is 0 Å². The minimum atomic E-state index is -4.35. The van der Waals surface area contributed by atoms with Gasteiger partial charge in [0.1, 0.15) is 18.2 Å². The quantitative estimate of drug-likeness (QED) is 0.494. The molecule has 1 aromatic heterocycles. The largest absolute Gasteiger partial charge is 0.489 e. The number of rotatable bonds is 6. The molecule has 3 aromatic rings. The van der Waals surface area contributed by atoms with Crippen molar-refractivity contribution in [2.24, 2.45) is 0 Å². The van der Waals surface area contributed by atoms with Gasteiger partial charge < -0.3 is 9.72 Å². The molecular weight excluding hydrogens is 377 g/mol. The van der Waals surface area contributed by atoms with Crippen LogP contribution in [0.1, 0.15) is 67.5 Å². The van der Waals surface area contributed by atoms with E-state index in [1.165, 1.54) is 6.07 Å². The van der Waals surface area contributed by atoms with E-state index in [1.54, 1.807) is 18.2 Å². The van der Waals surface area contributed by atoms with Crippen molar-refractivity contribution < 1.29 is 17.9 Å². The zero-order chi connectivity index (χ0) is 20.4. The first kappa shape index (κ1) is 19.8. The van der Waals surface area contributed by atoms with Gasteiger partial charge in [0.15, 0.2) is 0 Å². The number of fused-ring (bicyclic) bond motifs is 1. The first-order valence-corrected chi connectivity index (χ1v) is 10.3. The van der Waals surface area contributed by atoms with Crippen molar-refractivity contribution in [1.82, 2.24) is 9.97 Å². The molecule has 29 heavy (non-hydrogen) atoms. The molecule has 154 valence electrons. The molecule has 1 fully saturated rings. The highest BCUT2D eigenvalue weighted by molar-refractivity contribution is 5.76. The average molecular weight is 402 g/mol. The third kappa shape index (κ3) is 4.41. The van der Waals surface area contributed by atoms with E-state index in [9.17, 15) is 13.2 Å². The first-order valence-electron chi connectivity index (χ1n) is 10.3. The number of benzene rings is 2. The summed E-state index contributed by atoms with van der Waals surface area (Å²) in [5, 5.41) is 0. The Morgan fingerprint density at radius 1 is 1.10 bits per heavy atom. The van der Waals surface area contributed by atoms with E-state index in [0.29, 0.717) is 16.9 Å². The Morgan fingerprint density at radius 3 is 2.62 bits per heavy atom. The summed E-state index contributed by atoms with van der Waals surface area (Å²) in [7, 11) is 0. The summed E-state index contributed by atoms with van der Waals surface area (Å²) in [6.45, 7) is 2.18. The number of hydrogen-bond donors (Lipinski definition) is 1. The van der Waals surface area contributed by atoms with Gasteiger partial charge in [-0.15, -0.1) is 0 Å². The molecule has 1 N–H and O–H groups in total. The molecule has 0 atom stereocenters. The van der Waals surface area contributed by atoms with Crippen molar-refractivity contribution in [3.8, 4) is 5.75 Å². The molecule has 1 aliphatic carbocycles. The van der Waals surface area contributed by atoms with Gasteiger partial charge in [0.05, 0.1) is 16.6 Å². The number of nitrogens with one attached hydrogen (secondary N) is 1. The number of aromatic nitrogens is 2. The molecule has 6 heteroatoms. The monoisotopic (exact) mass is 402 g/mol. The molecule has 3 nitrogen and oxygen atoms in total. The van der Waals surface area contributed by atoms with Crippen LogP contribution in [0.25, 0.3) is 11.0 Å². The Morgan fingerprint density at radius 2 is 1.90 bits per heavy atom. The van der Waals surface area contributed by atoms with Gasteiger partial charge in [-0.25, -0.2) is 4.98 Å². The number of alkyl halides is 3. The highest BCUT2D eigenvalue weighted by Gasteiger charge is 2.36. The lowest BCUT2D eigenvalue weighted by molar-refractivity contribution is -0.138. The van der Waals surface area contributed by atoms with Crippen LogP contribution in [0.15, 0.2) is 36.4 Å². The molecule has 1 heterocycles. The molecule has 0 aliphatic heterocycles. The molecule has 2 aromatic carbocycles. The topological polar surface area (TPSA) is 37.9 Å². The third-order valence-electron chi connectivity index (χ3n) is 5.61. The number of hydrogen-bond acceptors (Lipinski definition) is 2. The Balaban J connectivity index is 1.52. The highest BCUT2D eigenvalue weighted by Crippen LogP contribution is 2.42. The van der Waals surface area contributed by atoms with Crippen LogP contribution >= 0.6 is 0 Å². The number of halogens is 3. The fourth-order valence-corrected chi connectivity index (χ4v) is 4.18. The van der Waals surface area contributed by atoms with Crippen molar-refractivity contribution in [2.75, 3.05) is 0 Å². The third-order valence-corrected chi connectivity index (χ3v) is 5.61. The van der Waals surface area contributed by atoms with Gasteiger partial charge in [0, 0.05) is 12.5 Å². The van der Waals surface area contributed by atoms with Gasteiger partial charge in [-0.2, -0.15) is 13.2 Å². The van der Waals surface area contributed by atoms with Crippen molar-refractivity contribution in [1.29, 1.82) is 0 Å². The van der Waals surface area contributed by atoms with Crippen LogP contribution in [-0.2, 0) is 19.2 Å². The number of ether oxygens (including phenoxy) is 1. The van der Waals surface area contributed by atoms with E-state index >= 15 is 0 Å². The minimum absolute atomic E-state index is 0.0155. The second-order valence-electron chi connectivity index (χ2n) is 7.80. The normalized spacial score (nSPS) is 15.3. The Kier molecular flexibility index (Phi) is 5.52. The molecule has 0 radical (unpaired) electrons. The van der Waals surface area contributed by atoms with Crippen molar-refractivity contribution in [3.05, 3.63) is 58.9 Å². The molecular formula is C23H25F3N2O. The molecule has 1 saturated carbocycles. The Bertz CT molecular complexity index is 987. The number of nitrogens with zero attached hydrogens (tertiary/aromatic N) is 1. The maximum atomic E-state index is 13.6. The van der Waals surface area contributed by atoms with Crippen LogP contribution in [0.2, 0.25) is 0 Å². The number of imidazole rings is 1. The summed E-state index contributed by atoms with van der Waals surface area (Å²) in [4.78, 5) is 7.77. The zero-order valence-corrected chi connectivity index (χ0v) is 16.5. The van der Waals surface area contributed by atoms with Crippen molar-refractivity contribution in [2.45, 2.75) is 64.1 Å². The molecule has 0 amide bonds. The summed E-state index contributed by atoms with van der Waals surface area (Å²) < 4.78 is 46.7. The van der Waals surface area contributed by atoms with Gasteiger partial charge in [0.2, 0.25) is 0 Å². The van der Waals surface area contributed by atoms with E-state index in [-0.39, 0.29) is 12.5 Å². The lowest BCUT2D eigenvalue weighted by Gasteiger charge is -2.19. The maximum Gasteiger partial charge on any atom is 0.416 e. The van der Waals surface area contributed by atoms with Crippen molar-refractivity contribution >= 4 is 11.0 Å². The summed E-state index contributed by atoms with van der Waals surface area (Å²) in [6.07, 6.45) is 1.20. The lowest BCUT2D eigenvalue weighted by Crippen LogP contribution is -2.12. The van der Waals surface area contributed by atoms with Gasteiger partial charge in [-0.3, -0.25) is 0 Å². The van der Waals surface area contributed by atoms with Gasteiger partial charge >= 0.3 is 6.18 Å². The second kappa shape index (κ2) is 8.09. The standard InChI is InChI=1S/C23H25F3N2O/c1-2-5-22-27-20-11-9-17(13-21(20)28-22)29-14-15-8-10-18(16-6-3-4-7-16)19(12-15)23(24,25)26/h8-13,16H,2-7,14H2,1H3,(H,27,28). The minimum Gasteiger partial charge on any atom is -0.489 e. The summed E-state index contributed by atoms with van der Waals surface area (Å²) >= 11 is 0. The van der Waals surface area contributed by atoms with Crippen LogP contribution in [0.4, 0.5) is 13.2 Å². The van der Waals surface area contributed by atoms with E-state index in [1.807, 2.05) is 12.1 Å². The summed E-state index contributed by atoms with van der Waals surface area (Å²) in [5.41, 5.74) is 2.18. The number of aromatic amines is 1. The zero-order valence-electron chi connectivity index (χ0n) is 16.5. The predicted octanol–water partition coefficient (Wildman–Crippen LogP) is 6.77. The maximum absolute atomic E-state index is 13.6. The average Bonchev–Trinajstić information content (AvgIpc) is 3.35.